The Balaban J connectivity index is 1.75. The summed E-state index contributed by atoms with van der Waals surface area (Å²) in [5.41, 5.74) is -0.584. The monoisotopic (exact) mass is 542 g/mol. The summed E-state index contributed by atoms with van der Waals surface area (Å²) >= 11 is 0. The number of aliphatic hydroxyl groups is 1. The van der Waals surface area contributed by atoms with Gasteiger partial charge in [0.25, 0.3) is 5.91 Å². The van der Waals surface area contributed by atoms with E-state index in [2.05, 4.69) is 37.3 Å². The predicted octanol–water partition coefficient (Wildman–Crippen LogP) is 1.44. The fourth-order valence-corrected chi connectivity index (χ4v) is 3.79. The van der Waals surface area contributed by atoms with Crippen molar-refractivity contribution in [1.82, 2.24) is 35.9 Å². The van der Waals surface area contributed by atoms with Gasteiger partial charge in [0.05, 0.1) is 19.2 Å². The first-order chi connectivity index (χ1) is 18.6. The number of hydrogen-bond acceptors (Lipinski definition) is 9. The second-order valence-electron chi connectivity index (χ2n) is 9.79. The van der Waals surface area contributed by atoms with Crippen LogP contribution in [0.2, 0.25) is 0 Å². The zero-order valence-electron chi connectivity index (χ0n) is 22.0. The molecule has 3 amide bonds. The van der Waals surface area contributed by atoms with Crippen molar-refractivity contribution in [3.05, 3.63) is 41.5 Å². The lowest BCUT2D eigenvalue weighted by Crippen LogP contribution is -2.53. The molecule has 2 aromatic heterocycles. The normalized spacial score (nSPS) is 12.1. The van der Waals surface area contributed by atoms with Crippen LogP contribution in [-0.4, -0.2) is 62.0 Å². The molecular weight excluding hydrogens is 511 g/mol. The fourth-order valence-electron chi connectivity index (χ4n) is 3.79. The lowest BCUT2D eigenvalue weighted by atomic mass is 9.86. The molecule has 0 saturated heterocycles. The van der Waals surface area contributed by atoms with E-state index in [1.807, 2.05) is 0 Å². The van der Waals surface area contributed by atoms with Crippen molar-refractivity contribution < 1.29 is 28.3 Å². The van der Waals surface area contributed by atoms with Crippen LogP contribution >= 0.6 is 0 Å². The van der Waals surface area contributed by atoms with Crippen molar-refractivity contribution in [3.8, 4) is 6.07 Å². The number of nitriles is 1. The molecule has 2 heterocycles. The van der Waals surface area contributed by atoms with Gasteiger partial charge in [0.15, 0.2) is 5.69 Å². The van der Waals surface area contributed by atoms with E-state index in [0.29, 0.717) is 31.2 Å². The molecule has 3 aromatic rings. The number of carbonyl (C=O) groups is 3. The Morgan fingerprint density at radius 1 is 1.18 bits per heavy atom. The van der Waals surface area contributed by atoms with Gasteiger partial charge in [0.2, 0.25) is 11.8 Å². The zero-order valence-corrected chi connectivity index (χ0v) is 22.0. The molecule has 1 unspecified atom stereocenters. The number of amides is 3. The number of carbonyl (C=O) groups excluding carboxylic acids is 3. The molecule has 0 spiro atoms. The predicted molar refractivity (Wildman–Crippen MR) is 135 cm³/mol. The molecule has 1 aromatic carbocycles. The summed E-state index contributed by atoms with van der Waals surface area (Å²) in [5.74, 6) is -2.76. The molecule has 0 bridgehead atoms. The minimum atomic E-state index is -1.02. The molecule has 1 atom stereocenters. The first-order valence-electron chi connectivity index (χ1n) is 12.4. The van der Waals surface area contributed by atoms with Gasteiger partial charge in [-0.3, -0.25) is 19.1 Å². The number of halogens is 1. The first kappa shape index (κ1) is 29.2. The Bertz CT molecular complexity index is 1370. The molecule has 0 fully saturated rings. The van der Waals surface area contributed by atoms with Crippen LogP contribution in [0.25, 0.3) is 10.9 Å². The van der Waals surface area contributed by atoms with Crippen LogP contribution < -0.4 is 16.0 Å². The molecule has 0 radical (unpaired) electrons. The van der Waals surface area contributed by atoms with E-state index in [0.717, 1.165) is 0 Å². The van der Waals surface area contributed by atoms with Crippen LogP contribution in [0.1, 0.15) is 67.1 Å². The van der Waals surface area contributed by atoms with Gasteiger partial charge < -0.3 is 25.5 Å². The molecular formula is C25H31FN8O5. The van der Waals surface area contributed by atoms with Crippen LogP contribution in [0.4, 0.5) is 4.39 Å². The van der Waals surface area contributed by atoms with Gasteiger partial charge >= 0.3 is 11.8 Å². The Morgan fingerprint density at radius 3 is 2.64 bits per heavy atom. The van der Waals surface area contributed by atoms with Gasteiger partial charge in [-0.25, -0.2) is 4.39 Å². The third-order valence-corrected chi connectivity index (χ3v) is 5.72. The molecule has 14 heteroatoms. The van der Waals surface area contributed by atoms with E-state index < -0.39 is 35.0 Å². The fraction of sp³-hybridized carbons (Fsp3) is 0.480. The molecule has 39 heavy (non-hydrogen) atoms. The van der Waals surface area contributed by atoms with Crippen LogP contribution in [0.5, 0.6) is 0 Å². The van der Waals surface area contributed by atoms with Gasteiger partial charge in [-0.15, -0.1) is 10.2 Å². The number of nitrogens with one attached hydrogen (secondary N) is 3. The van der Waals surface area contributed by atoms with E-state index in [1.54, 1.807) is 26.8 Å². The van der Waals surface area contributed by atoms with E-state index in [-0.39, 0.29) is 42.7 Å². The molecule has 4 N–H and O–H groups in total. The first-order valence-corrected chi connectivity index (χ1v) is 12.4. The second-order valence-corrected chi connectivity index (χ2v) is 9.79. The number of aliphatic hydroxyl groups excluding tert-OH is 1. The summed E-state index contributed by atoms with van der Waals surface area (Å²) in [6.45, 7) is 5.17. The highest BCUT2D eigenvalue weighted by atomic mass is 19.1. The van der Waals surface area contributed by atoms with Crippen molar-refractivity contribution in [2.45, 2.75) is 59.2 Å². The van der Waals surface area contributed by atoms with E-state index in [1.165, 1.54) is 16.8 Å². The van der Waals surface area contributed by atoms with E-state index >= 15 is 0 Å². The SMILES string of the molecule is CC(C)(C)C(NC(=O)c1nn(CCCCC#N)c2c(F)cccc12)C(=O)NCc1nnc(C(=O)NCCO)o1. The third-order valence-electron chi connectivity index (χ3n) is 5.72. The molecule has 3 rings (SSSR count). The van der Waals surface area contributed by atoms with Crippen LogP contribution in [0, 0.1) is 22.6 Å². The maximum absolute atomic E-state index is 14.7. The minimum Gasteiger partial charge on any atom is -0.415 e. The smallest absolute Gasteiger partial charge is 0.308 e. The highest BCUT2D eigenvalue weighted by Gasteiger charge is 2.34. The number of aromatic nitrogens is 4. The van der Waals surface area contributed by atoms with Gasteiger partial charge in [-0.05, 0) is 24.3 Å². The van der Waals surface area contributed by atoms with Crippen molar-refractivity contribution in [2.24, 2.45) is 5.41 Å². The molecule has 0 aliphatic heterocycles. The van der Waals surface area contributed by atoms with Crippen LogP contribution in [-0.2, 0) is 17.9 Å². The summed E-state index contributed by atoms with van der Waals surface area (Å²) in [7, 11) is 0. The summed E-state index contributed by atoms with van der Waals surface area (Å²) in [6, 6.07) is 5.38. The van der Waals surface area contributed by atoms with E-state index in [9.17, 15) is 18.8 Å². The molecule has 208 valence electrons. The maximum atomic E-state index is 14.7. The number of fused-ring (bicyclic) bond motifs is 1. The number of rotatable bonds is 12. The summed E-state index contributed by atoms with van der Waals surface area (Å²) in [6.07, 6.45) is 1.54. The second kappa shape index (κ2) is 12.9. The number of aryl methyl sites for hydroxylation is 1. The average molecular weight is 543 g/mol. The number of unbranched alkanes of at least 4 members (excludes halogenated alkanes) is 2. The minimum absolute atomic E-state index is 0.0155. The summed E-state index contributed by atoms with van der Waals surface area (Å²) in [4.78, 5) is 38.3. The summed E-state index contributed by atoms with van der Waals surface area (Å²) in [5, 5.41) is 37.2. The Morgan fingerprint density at radius 2 is 1.95 bits per heavy atom. The van der Waals surface area contributed by atoms with Crippen molar-refractivity contribution in [3.63, 3.8) is 0 Å². The molecule has 0 aliphatic rings. The van der Waals surface area contributed by atoms with Gasteiger partial charge in [0, 0.05) is 24.9 Å². The number of benzene rings is 1. The quantitative estimate of drug-likeness (QED) is 0.245. The van der Waals surface area contributed by atoms with E-state index in [4.69, 9.17) is 14.8 Å². The molecule has 0 aliphatic carbocycles. The lowest BCUT2D eigenvalue weighted by molar-refractivity contribution is -0.125. The standard InChI is InChI=1S/C25H31FN8O5/c1-25(2,3)20(22(37)29-14-17-31-32-24(39-17)23(38)28-11-13-35)30-21(36)18-15-8-7-9-16(26)19(15)34(33-18)12-6-4-5-10-27/h7-9,20,35H,4-6,11-14H2,1-3H3,(H,28,38)(H,29,37)(H,30,36). The number of hydrogen-bond donors (Lipinski definition) is 4. The van der Waals surface area contributed by atoms with Gasteiger partial charge in [-0.1, -0.05) is 32.9 Å². The average Bonchev–Trinajstić information content (AvgIpc) is 3.52. The Hall–Kier alpha value is -4.38. The topological polar surface area (TPSA) is 188 Å². The maximum Gasteiger partial charge on any atom is 0.308 e. The highest BCUT2D eigenvalue weighted by Crippen LogP contribution is 2.24. The summed E-state index contributed by atoms with van der Waals surface area (Å²) < 4.78 is 21.3. The largest absolute Gasteiger partial charge is 0.415 e. The van der Waals surface area contributed by atoms with Crippen LogP contribution in [0.15, 0.2) is 22.6 Å². The van der Waals surface area contributed by atoms with Gasteiger partial charge in [0.1, 0.15) is 17.4 Å². The van der Waals surface area contributed by atoms with Crippen molar-refractivity contribution in [1.29, 1.82) is 5.26 Å². The molecule has 13 nitrogen and oxygen atoms in total. The Labute approximate surface area is 223 Å². The highest BCUT2D eigenvalue weighted by molar-refractivity contribution is 6.06. The number of para-hydroxylation sites is 1. The van der Waals surface area contributed by atoms with Gasteiger partial charge in [-0.2, -0.15) is 10.4 Å². The number of nitrogens with zero attached hydrogens (tertiary/aromatic N) is 5. The third kappa shape index (κ3) is 7.35. The van der Waals surface area contributed by atoms with Crippen molar-refractivity contribution >= 4 is 28.6 Å². The van der Waals surface area contributed by atoms with Crippen molar-refractivity contribution in [2.75, 3.05) is 13.2 Å². The Kier molecular flexibility index (Phi) is 9.67. The lowest BCUT2D eigenvalue weighted by Gasteiger charge is -2.30. The van der Waals surface area contributed by atoms with Crippen LogP contribution in [0.3, 0.4) is 0 Å². The zero-order chi connectivity index (χ0) is 28.6. The molecule has 0 saturated carbocycles.